The smallest absolute Gasteiger partial charge is 0.0944 e. The minimum Gasteiger partial charge on any atom is -0.330 e. The van der Waals surface area contributed by atoms with Crippen LogP contribution in [-0.2, 0) is 17.4 Å². The minimum atomic E-state index is -0.953. The number of hydrogen-bond donors (Lipinski definition) is 2. The minimum absolute atomic E-state index is 0.154. The monoisotopic (exact) mass is 370 g/mol. The van der Waals surface area contributed by atoms with Crippen molar-refractivity contribution in [3.63, 3.8) is 0 Å². The van der Waals surface area contributed by atoms with E-state index in [2.05, 4.69) is 53.3 Å². The van der Waals surface area contributed by atoms with Crippen molar-refractivity contribution in [2.24, 2.45) is 5.73 Å². The first kappa shape index (κ1) is 19.3. The third-order valence-corrected chi connectivity index (χ3v) is 6.66. The Balaban J connectivity index is 1.71. The number of rotatable bonds is 7. The Bertz CT molecular complexity index is 725. The maximum atomic E-state index is 12.2. The third kappa shape index (κ3) is 4.61. The van der Waals surface area contributed by atoms with Crippen molar-refractivity contribution in [2.45, 2.75) is 56.7 Å². The van der Waals surface area contributed by atoms with Crippen LogP contribution in [0.5, 0.6) is 0 Å². The van der Waals surface area contributed by atoms with Gasteiger partial charge in [-0.1, -0.05) is 55.0 Å². The summed E-state index contributed by atoms with van der Waals surface area (Å²) in [5.74, 6) is 0.457. The van der Waals surface area contributed by atoms with Gasteiger partial charge in [-0.05, 0) is 61.9 Å². The molecule has 0 bridgehead atoms. The second-order valence-corrected chi connectivity index (χ2v) is 9.24. The molecule has 0 amide bonds. The topological polar surface area (TPSA) is 55.1 Å². The number of hydrogen-bond acceptors (Lipinski definition) is 2. The lowest BCUT2D eigenvalue weighted by Gasteiger charge is -2.22. The fraction of sp³-hybridized carbons (Fsp3) is 0.455. The van der Waals surface area contributed by atoms with Crippen molar-refractivity contribution >= 4 is 11.0 Å². The quantitative estimate of drug-likeness (QED) is 0.769. The van der Waals surface area contributed by atoms with Crippen molar-refractivity contribution in [3.8, 4) is 11.1 Å². The van der Waals surface area contributed by atoms with E-state index in [-0.39, 0.29) is 5.25 Å². The summed E-state index contributed by atoms with van der Waals surface area (Å²) in [6.45, 7) is 4.69. The summed E-state index contributed by atoms with van der Waals surface area (Å²) in [7, 11) is -0.953. The van der Waals surface area contributed by atoms with Gasteiger partial charge in [0.2, 0.25) is 0 Å². The first-order valence-corrected chi connectivity index (χ1v) is 10.9. The molecule has 0 heterocycles. The van der Waals surface area contributed by atoms with Gasteiger partial charge in [0, 0.05) is 17.2 Å². The molecule has 0 saturated heterocycles. The molecule has 2 unspecified atom stereocenters. The third-order valence-electron chi connectivity index (χ3n) is 5.27. The van der Waals surface area contributed by atoms with Crippen molar-refractivity contribution in [1.82, 2.24) is 4.72 Å². The molecule has 3 nitrogen and oxygen atoms in total. The van der Waals surface area contributed by atoms with E-state index >= 15 is 0 Å². The van der Waals surface area contributed by atoms with Gasteiger partial charge in [-0.2, -0.15) is 0 Å². The predicted molar refractivity (Wildman–Crippen MR) is 111 cm³/mol. The average Bonchev–Trinajstić information content (AvgIpc) is 3.11. The number of benzene rings is 2. The fourth-order valence-electron chi connectivity index (χ4n) is 3.74. The van der Waals surface area contributed by atoms with Crippen LogP contribution < -0.4 is 10.5 Å². The van der Waals surface area contributed by atoms with Crippen LogP contribution in [0.25, 0.3) is 11.1 Å². The molecule has 0 aromatic heterocycles. The second-order valence-electron chi connectivity index (χ2n) is 7.47. The zero-order valence-electron chi connectivity index (χ0n) is 15.8. The van der Waals surface area contributed by atoms with Crippen LogP contribution in [0.4, 0.5) is 0 Å². The van der Waals surface area contributed by atoms with Gasteiger partial charge in [-0.15, -0.1) is 0 Å². The van der Waals surface area contributed by atoms with Crippen LogP contribution in [0.1, 0.15) is 50.2 Å². The molecule has 4 heteroatoms. The highest BCUT2D eigenvalue weighted by atomic mass is 32.2. The Morgan fingerprint density at radius 2 is 1.65 bits per heavy atom. The van der Waals surface area contributed by atoms with Crippen molar-refractivity contribution < 1.29 is 4.21 Å². The molecule has 3 N–H and O–H groups in total. The molecule has 1 fully saturated rings. The molecule has 3 atom stereocenters. The predicted octanol–water partition coefficient (Wildman–Crippen LogP) is 4.15. The zero-order chi connectivity index (χ0) is 18.5. The summed E-state index contributed by atoms with van der Waals surface area (Å²) in [5, 5.41) is 0.154. The summed E-state index contributed by atoms with van der Waals surface area (Å²) < 4.78 is 15.5. The largest absolute Gasteiger partial charge is 0.330 e. The summed E-state index contributed by atoms with van der Waals surface area (Å²) in [6.07, 6.45) is 4.39. The zero-order valence-corrected chi connectivity index (χ0v) is 16.6. The summed E-state index contributed by atoms with van der Waals surface area (Å²) >= 11 is 0. The van der Waals surface area contributed by atoms with Gasteiger partial charge in [-0.3, -0.25) is 0 Å². The van der Waals surface area contributed by atoms with Crippen molar-refractivity contribution in [2.75, 3.05) is 6.54 Å². The van der Waals surface area contributed by atoms with E-state index in [1.54, 1.807) is 0 Å². The van der Waals surface area contributed by atoms with Crippen molar-refractivity contribution in [1.29, 1.82) is 0 Å². The lowest BCUT2D eigenvalue weighted by atomic mass is 9.92. The van der Waals surface area contributed by atoms with E-state index in [0.717, 1.165) is 12.8 Å². The van der Waals surface area contributed by atoms with Gasteiger partial charge in [0.1, 0.15) is 0 Å². The van der Waals surface area contributed by atoms with Crippen LogP contribution >= 0.6 is 0 Å². The first-order chi connectivity index (χ1) is 12.6. The molecule has 3 rings (SSSR count). The molecule has 2 aromatic rings. The maximum absolute atomic E-state index is 12.2. The van der Waals surface area contributed by atoms with Crippen LogP contribution in [0.2, 0.25) is 0 Å². The van der Waals surface area contributed by atoms with E-state index in [1.807, 2.05) is 13.8 Å². The molecular formula is C22H30N2OS. The summed E-state index contributed by atoms with van der Waals surface area (Å²) in [5.41, 5.74) is 10.7. The Hall–Kier alpha value is -1.49. The molecule has 0 radical (unpaired) electrons. The Morgan fingerprint density at radius 1 is 1.04 bits per heavy atom. The number of nitrogens with one attached hydrogen (secondary N) is 1. The molecule has 0 spiro atoms. The molecule has 1 aliphatic carbocycles. The average molecular weight is 371 g/mol. The highest BCUT2D eigenvalue weighted by Gasteiger charge is 2.30. The summed E-state index contributed by atoms with van der Waals surface area (Å²) in [6, 6.07) is 17.9. The highest BCUT2D eigenvalue weighted by Crippen LogP contribution is 2.35. The lowest BCUT2D eigenvalue weighted by Crippen LogP contribution is -2.36. The SMILES string of the molecule is CC(C)S(=O)N[C@H]1CCCC1c1ccc(-c2ccc(CCN)cc2)cc1. The van der Waals surface area contributed by atoms with Crippen LogP contribution in [-0.4, -0.2) is 22.0 Å². The van der Waals surface area contributed by atoms with Crippen LogP contribution in [0, 0.1) is 0 Å². The van der Waals surface area contributed by atoms with Gasteiger partial charge in [0.05, 0.1) is 11.0 Å². The normalized spacial score (nSPS) is 21.2. The number of nitrogens with two attached hydrogens (primary N) is 1. The van der Waals surface area contributed by atoms with Gasteiger partial charge in [0.25, 0.3) is 0 Å². The maximum Gasteiger partial charge on any atom is 0.0944 e. The Labute approximate surface area is 160 Å². The molecule has 26 heavy (non-hydrogen) atoms. The molecule has 2 aromatic carbocycles. The van der Waals surface area contributed by atoms with Gasteiger partial charge in [0.15, 0.2) is 0 Å². The Morgan fingerprint density at radius 3 is 2.23 bits per heavy atom. The van der Waals surface area contributed by atoms with Crippen LogP contribution in [0.3, 0.4) is 0 Å². The van der Waals surface area contributed by atoms with Gasteiger partial charge in [-0.25, -0.2) is 8.93 Å². The standard InChI is InChI=1S/C22H30N2OS/c1-16(2)26(25)24-22-5-3-4-21(22)20-12-10-19(11-13-20)18-8-6-17(7-9-18)14-15-23/h6-13,16,21-22,24H,3-5,14-15,23H2,1-2H3/t21?,22-,26?/m0/s1. The van der Waals surface area contributed by atoms with E-state index < -0.39 is 11.0 Å². The summed E-state index contributed by atoms with van der Waals surface area (Å²) in [4.78, 5) is 0. The van der Waals surface area contributed by atoms with E-state index in [9.17, 15) is 4.21 Å². The van der Waals surface area contributed by atoms with Gasteiger partial charge < -0.3 is 5.73 Å². The lowest BCUT2D eigenvalue weighted by molar-refractivity contribution is 0.559. The van der Waals surface area contributed by atoms with E-state index in [1.165, 1.54) is 35.1 Å². The molecule has 140 valence electrons. The van der Waals surface area contributed by atoms with Crippen molar-refractivity contribution in [3.05, 3.63) is 59.7 Å². The fourth-order valence-corrected chi connectivity index (χ4v) is 4.59. The van der Waals surface area contributed by atoms with E-state index in [0.29, 0.717) is 18.5 Å². The molecule has 1 saturated carbocycles. The molecule has 0 aliphatic heterocycles. The first-order valence-electron chi connectivity index (χ1n) is 9.64. The second kappa shape index (κ2) is 8.94. The van der Waals surface area contributed by atoms with E-state index in [4.69, 9.17) is 5.73 Å². The molecular weight excluding hydrogens is 340 g/mol. The van der Waals surface area contributed by atoms with Crippen LogP contribution in [0.15, 0.2) is 48.5 Å². The molecule has 1 aliphatic rings. The Kier molecular flexibility index (Phi) is 6.63. The highest BCUT2D eigenvalue weighted by molar-refractivity contribution is 7.83. The van der Waals surface area contributed by atoms with Gasteiger partial charge >= 0.3 is 0 Å².